The number of fused-ring (bicyclic) bond motifs is 8. The van der Waals surface area contributed by atoms with Crippen molar-refractivity contribution in [1.29, 1.82) is 0 Å². The second kappa shape index (κ2) is 11.8. The molecular weight excluding hydrogens is 691 g/mol. The lowest BCUT2D eigenvalue weighted by Gasteiger charge is -2.52. The topological polar surface area (TPSA) is 19.6 Å². The number of hydrogen-bond acceptors (Lipinski definition) is 3. The van der Waals surface area contributed by atoms with E-state index in [1.165, 1.54) is 92.7 Å². The number of rotatable bonds is 2. The number of hydrogen-bond donors (Lipinski definition) is 0. The van der Waals surface area contributed by atoms with Crippen molar-refractivity contribution in [2.75, 3.05) is 9.80 Å². The molecule has 2 atom stereocenters. The van der Waals surface area contributed by atoms with Gasteiger partial charge in [0, 0.05) is 33.8 Å². The van der Waals surface area contributed by atoms with E-state index in [0.29, 0.717) is 11.8 Å². The number of allylic oxidation sites excluding steroid dienone is 3. The Morgan fingerprint density at radius 2 is 1.32 bits per heavy atom. The molecule has 1 saturated carbocycles. The third-order valence-electron chi connectivity index (χ3n) is 15.3. The Morgan fingerprint density at radius 1 is 0.684 bits per heavy atom. The molecule has 0 spiro atoms. The second-order valence-electron chi connectivity index (χ2n) is 22.1. The molecule has 1 fully saturated rings. The molecule has 0 bridgehead atoms. The van der Waals surface area contributed by atoms with Crippen LogP contribution in [0.25, 0.3) is 11.0 Å². The van der Waals surface area contributed by atoms with Crippen LogP contribution in [0.3, 0.4) is 0 Å². The van der Waals surface area contributed by atoms with Crippen LogP contribution < -0.4 is 26.4 Å². The third-order valence-corrected chi connectivity index (χ3v) is 15.3. The van der Waals surface area contributed by atoms with E-state index in [9.17, 15) is 0 Å². The zero-order valence-electron chi connectivity index (χ0n) is 36.5. The van der Waals surface area contributed by atoms with Gasteiger partial charge in [0.05, 0.1) is 11.3 Å². The lowest BCUT2D eigenvalue weighted by molar-refractivity contribution is 0.0327. The summed E-state index contributed by atoms with van der Waals surface area (Å²) in [6.45, 7) is 29.0. The molecule has 3 aliphatic carbocycles. The van der Waals surface area contributed by atoms with Crippen LogP contribution in [-0.2, 0) is 16.2 Å². The van der Waals surface area contributed by atoms with Crippen molar-refractivity contribution in [2.24, 2.45) is 22.7 Å². The molecule has 10 rings (SSSR count). The van der Waals surface area contributed by atoms with E-state index in [1.54, 1.807) is 0 Å². The van der Waals surface area contributed by atoms with E-state index >= 15 is 0 Å². The number of furan rings is 1. The standard InChI is InChI=1S/C53H61BN2O/c1-32-26-43-46-44(27-32)56(34-16-14-13-15-17-34)47-36-28-33(49(2,3)4)18-21-45(36)57-48(47)54(46)41-30-39-40(53(11,12)25-24-52(39,9)10)31-42(41)55(43)35-19-20-37-38(29-35)51(7,8)23-22-50(37,5)6/h13-21,26-31,37-38H,22-25H2,1-12H3. The maximum Gasteiger partial charge on any atom is 0.297 e. The molecule has 0 saturated heterocycles. The summed E-state index contributed by atoms with van der Waals surface area (Å²) < 4.78 is 7.30. The van der Waals surface area contributed by atoms with Crippen molar-refractivity contribution < 1.29 is 4.42 Å². The summed E-state index contributed by atoms with van der Waals surface area (Å²) in [4.78, 5) is 5.20. The third kappa shape index (κ3) is 5.37. The molecule has 57 heavy (non-hydrogen) atoms. The molecule has 0 amide bonds. The fourth-order valence-electron chi connectivity index (χ4n) is 11.5. The van der Waals surface area contributed by atoms with E-state index in [-0.39, 0.29) is 33.8 Å². The van der Waals surface area contributed by atoms with Crippen molar-refractivity contribution in [1.82, 2.24) is 0 Å². The fraction of sp³-hybridized carbons (Fsp3) is 0.434. The average molecular weight is 753 g/mol. The Morgan fingerprint density at radius 3 is 1.98 bits per heavy atom. The Labute approximate surface area is 342 Å². The molecule has 5 aliphatic rings. The molecule has 2 unspecified atom stereocenters. The number of nitrogens with zero attached hydrogens (tertiary/aromatic N) is 2. The Kier molecular flexibility index (Phi) is 7.65. The minimum atomic E-state index is -0.0561. The molecule has 1 aromatic heterocycles. The van der Waals surface area contributed by atoms with Gasteiger partial charge < -0.3 is 14.2 Å². The zero-order chi connectivity index (χ0) is 40.2. The second-order valence-corrected chi connectivity index (χ2v) is 22.1. The molecule has 4 heteroatoms. The number of para-hydroxylation sites is 1. The van der Waals surface area contributed by atoms with Gasteiger partial charge in [-0.3, -0.25) is 0 Å². The summed E-state index contributed by atoms with van der Waals surface area (Å²) in [7, 11) is 0. The van der Waals surface area contributed by atoms with Crippen LogP contribution >= 0.6 is 0 Å². The smallest absolute Gasteiger partial charge is 0.297 e. The van der Waals surface area contributed by atoms with Crippen LogP contribution in [0, 0.1) is 29.6 Å². The molecule has 292 valence electrons. The van der Waals surface area contributed by atoms with Crippen LogP contribution in [0.15, 0.2) is 101 Å². The molecule has 3 heterocycles. The highest BCUT2D eigenvalue weighted by Gasteiger charge is 2.51. The zero-order valence-corrected chi connectivity index (χ0v) is 36.5. The van der Waals surface area contributed by atoms with Gasteiger partial charge in [0.25, 0.3) is 6.71 Å². The lowest BCUT2D eigenvalue weighted by Crippen LogP contribution is -2.62. The molecule has 0 N–H and O–H groups in total. The van der Waals surface area contributed by atoms with Gasteiger partial charge in [-0.05, 0) is 153 Å². The van der Waals surface area contributed by atoms with Crippen LogP contribution in [-0.4, -0.2) is 6.71 Å². The van der Waals surface area contributed by atoms with Crippen molar-refractivity contribution in [3.8, 4) is 0 Å². The van der Waals surface area contributed by atoms with E-state index in [2.05, 4.69) is 184 Å². The summed E-state index contributed by atoms with van der Waals surface area (Å²) in [5, 5.41) is 1.18. The molecule has 5 aromatic rings. The van der Waals surface area contributed by atoms with Crippen LogP contribution in [0.2, 0.25) is 0 Å². The number of anilines is 5. The first-order chi connectivity index (χ1) is 26.8. The Bertz CT molecular complexity index is 2560. The minimum Gasteiger partial charge on any atom is -0.468 e. The quantitative estimate of drug-likeness (QED) is 0.164. The van der Waals surface area contributed by atoms with E-state index in [4.69, 9.17) is 4.42 Å². The average Bonchev–Trinajstić information content (AvgIpc) is 3.53. The first kappa shape index (κ1) is 36.9. The Balaban J connectivity index is 1.31. The Hall–Kier alpha value is -4.44. The van der Waals surface area contributed by atoms with Gasteiger partial charge in [-0.15, -0.1) is 0 Å². The van der Waals surface area contributed by atoms with Crippen LogP contribution in [0.5, 0.6) is 0 Å². The summed E-state index contributed by atoms with van der Waals surface area (Å²) in [5.74, 6) is 0.970. The lowest BCUT2D eigenvalue weighted by atomic mass is 9.35. The van der Waals surface area contributed by atoms with Crippen molar-refractivity contribution >= 4 is 62.7 Å². The molecule has 0 radical (unpaired) electrons. The van der Waals surface area contributed by atoms with Crippen LogP contribution in [0.1, 0.15) is 124 Å². The van der Waals surface area contributed by atoms with E-state index in [0.717, 1.165) is 16.9 Å². The summed E-state index contributed by atoms with van der Waals surface area (Å²) >= 11 is 0. The van der Waals surface area contributed by atoms with Crippen LogP contribution in [0.4, 0.5) is 28.4 Å². The highest BCUT2D eigenvalue weighted by Crippen LogP contribution is 2.57. The first-order valence-corrected chi connectivity index (χ1v) is 21.7. The van der Waals surface area contributed by atoms with Crippen molar-refractivity contribution in [3.05, 3.63) is 119 Å². The van der Waals surface area contributed by atoms with Gasteiger partial charge in [-0.2, -0.15) is 0 Å². The van der Waals surface area contributed by atoms with E-state index < -0.39 is 0 Å². The minimum absolute atomic E-state index is 0.00397. The fourth-order valence-corrected chi connectivity index (χ4v) is 11.5. The van der Waals surface area contributed by atoms with Gasteiger partial charge in [-0.1, -0.05) is 119 Å². The summed E-state index contributed by atoms with van der Waals surface area (Å²) in [6, 6.07) is 28.1. The SMILES string of the molecule is Cc1cc2c3c(c1)N(c1ccccc1)c1c(oc4ccc(C(C)(C)C)cc14)B3c1cc3c(cc1N2C1=CC2C(C=C1)C(C)(C)CCC2(C)C)C(C)(C)CCC3(C)C. The van der Waals surface area contributed by atoms with Crippen molar-refractivity contribution in [3.63, 3.8) is 0 Å². The summed E-state index contributed by atoms with van der Waals surface area (Å²) in [5.41, 5.74) is 18.4. The largest absolute Gasteiger partial charge is 0.468 e. The monoisotopic (exact) mass is 752 g/mol. The molecule has 3 nitrogen and oxygen atoms in total. The normalized spacial score (nSPS) is 23.3. The van der Waals surface area contributed by atoms with Gasteiger partial charge in [0.15, 0.2) is 0 Å². The predicted molar refractivity (Wildman–Crippen MR) is 244 cm³/mol. The highest BCUT2D eigenvalue weighted by molar-refractivity contribution is 7.00. The van der Waals surface area contributed by atoms with E-state index in [1.807, 2.05) is 0 Å². The van der Waals surface area contributed by atoms with Crippen molar-refractivity contribution in [2.45, 2.75) is 125 Å². The molecule has 2 aliphatic heterocycles. The molecule has 4 aromatic carbocycles. The maximum atomic E-state index is 7.30. The number of benzene rings is 4. The summed E-state index contributed by atoms with van der Waals surface area (Å²) in [6.07, 6.45) is 12.6. The maximum absolute atomic E-state index is 7.30. The van der Waals surface area contributed by atoms with Gasteiger partial charge in [-0.25, -0.2) is 0 Å². The van der Waals surface area contributed by atoms with Gasteiger partial charge >= 0.3 is 0 Å². The van der Waals surface area contributed by atoms with Gasteiger partial charge in [0.1, 0.15) is 5.58 Å². The predicted octanol–water partition coefficient (Wildman–Crippen LogP) is 12.7. The number of aryl methyl sites for hydroxylation is 1. The first-order valence-electron chi connectivity index (χ1n) is 21.7. The van der Waals surface area contributed by atoms with Gasteiger partial charge in [0.2, 0.25) is 0 Å². The molecular formula is C53H61BN2O. The highest BCUT2D eigenvalue weighted by atomic mass is 16.3.